The number of hydrogen-bond donors (Lipinski definition) is 1. The zero-order chi connectivity index (χ0) is 20.8. The van der Waals surface area contributed by atoms with E-state index in [4.69, 9.17) is 27.9 Å². The normalized spacial score (nSPS) is 10.9. The Morgan fingerprint density at radius 2 is 1.79 bits per heavy atom. The molecule has 1 amide bonds. The minimum absolute atomic E-state index is 0.165. The molecule has 0 fully saturated rings. The number of carbonyl (C=O) groups is 1. The summed E-state index contributed by atoms with van der Waals surface area (Å²) in [5.41, 5.74) is 4.39. The van der Waals surface area contributed by atoms with E-state index in [1.165, 1.54) is 0 Å². The molecule has 0 heterocycles. The molecule has 0 unspecified atom stereocenters. The zero-order valence-corrected chi connectivity index (χ0v) is 17.6. The number of hydrogen-bond acceptors (Lipinski definition) is 3. The lowest BCUT2D eigenvalue weighted by molar-refractivity contribution is -0.118. The minimum Gasteiger partial charge on any atom is -0.482 e. The summed E-state index contributed by atoms with van der Waals surface area (Å²) in [6.07, 6.45) is 1.74. The summed E-state index contributed by atoms with van der Waals surface area (Å²) in [6, 6.07) is 18.5. The Balaban J connectivity index is 1.59. The number of aryl methyl sites for hydroxylation is 2. The molecule has 0 aliphatic rings. The average Bonchev–Trinajstić information content (AvgIpc) is 2.69. The van der Waals surface area contributed by atoms with Crippen molar-refractivity contribution < 1.29 is 9.53 Å². The van der Waals surface area contributed by atoms with Crippen LogP contribution in [0.1, 0.15) is 16.7 Å². The molecule has 0 spiro atoms. The molecule has 0 aliphatic heterocycles. The van der Waals surface area contributed by atoms with Gasteiger partial charge in [-0.1, -0.05) is 47.5 Å². The highest BCUT2D eigenvalue weighted by molar-refractivity contribution is 6.32. The molecule has 0 aliphatic carbocycles. The lowest BCUT2D eigenvalue weighted by Crippen LogP contribution is -2.20. The van der Waals surface area contributed by atoms with E-state index >= 15 is 0 Å². The van der Waals surface area contributed by atoms with Crippen molar-refractivity contribution in [1.82, 2.24) is 0 Å². The molecule has 0 atom stereocenters. The Hall–Kier alpha value is -2.82. The summed E-state index contributed by atoms with van der Waals surface area (Å²) in [5, 5.41) is 3.74. The largest absolute Gasteiger partial charge is 0.482 e. The lowest BCUT2D eigenvalue weighted by atomic mass is 10.2. The number of amides is 1. The second kappa shape index (κ2) is 9.59. The van der Waals surface area contributed by atoms with Gasteiger partial charge in [0.05, 0.1) is 10.7 Å². The van der Waals surface area contributed by atoms with Crippen molar-refractivity contribution in [3.63, 3.8) is 0 Å². The fourth-order valence-electron chi connectivity index (χ4n) is 2.58. The molecule has 6 heteroatoms. The molecule has 4 nitrogen and oxygen atoms in total. The smallest absolute Gasteiger partial charge is 0.262 e. The van der Waals surface area contributed by atoms with Crippen molar-refractivity contribution in [3.8, 4) is 5.75 Å². The number of aliphatic imine (C=N–C) groups is 1. The van der Waals surface area contributed by atoms with Gasteiger partial charge in [0.25, 0.3) is 5.91 Å². The van der Waals surface area contributed by atoms with Crippen molar-refractivity contribution in [3.05, 3.63) is 87.4 Å². The molecule has 1 N–H and O–H groups in total. The van der Waals surface area contributed by atoms with Crippen LogP contribution in [0.5, 0.6) is 5.75 Å². The van der Waals surface area contributed by atoms with Gasteiger partial charge >= 0.3 is 0 Å². The summed E-state index contributed by atoms with van der Waals surface area (Å²) in [4.78, 5) is 16.6. The van der Waals surface area contributed by atoms with Crippen molar-refractivity contribution >= 4 is 46.7 Å². The molecule has 29 heavy (non-hydrogen) atoms. The van der Waals surface area contributed by atoms with Crippen LogP contribution in [-0.2, 0) is 4.79 Å². The molecule has 3 aromatic carbocycles. The first kappa shape index (κ1) is 20.9. The van der Waals surface area contributed by atoms with E-state index < -0.39 is 0 Å². The van der Waals surface area contributed by atoms with Gasteiger partial charge in [-0.3, -0.25) is 9.79 Å². The molecular formula is C23H20Cl2N2O2. The number of halogens is 2. The number of nitrogens with one attached hydrogen (secondary N) is 1. The molecule has 0 radical (unpaired) electrons. The van der Waals surface area contributed by atoms with Crippen molar-refractivity contribution in [2.45, 2.75) is 13.8 Å². The van der Waals surface area contributed by atoms with Crippen LogP contribution in [0.4, 0.5) is 11.4 Å². The van der Waals surface area contributed by atoms with Gasteiger partial charge in [-0.25, -0.2) is 0 Å². The van der Waals surface area contributed by atoms with Crippen LogP contribution in [0.3, 0.4) is 0 Å². The fourth-order valence-corrected chi connectivity index (χ4v) is 3.00. The number of nitrogens with zero attached hydrogens (tertiary/aromatic N) is 1. The summed E-state index contributed by atoms with van der Waals surface area (Å²) in [5.74, 6) is 0.128. The molecule has 0 saturated heterocycles. The number of benzene rings is 3. The van der Waals surface area contributed by atoms with Gasteiger partial charge in [-0.05, 0) is 66.9 Å². The van der Waals surface area contributed by atoms with Crippen LogP contribution >= 0.6 is 23.2 Å². The number of para-hydroxylation sites is 1. The van der Waals surface area contributed by atoms with E-state index in [-0.39, 0.29) is 12.5 Å². The third-order valence-corrected chi connectivity index (χ3v) is 4.94. The summed E-state index contributed by atoms with van der Waals surface area (Å²) in [7, 11) is 0. The molecule has 148 valence electrons. The van der Waals surface area contributed by atoms with Gasteiger partial charge in [-0.2, -0.15) is 0 Å². The van der Waals surface area contributed by atoms with Crippen molar-refractivity contribution in [2.75, 3.05) is 11.9 Å². The molecule has 0 aromatic heterocycles. The van der Waals surface area contributed by atoms with Gasteiger partial charge in [0, 0.05) is 16.9 Å². The van der Waals surface area contributed by atoms with E-state index in [1.54, 1.807) is 30.5 Å². The standard InChI is InChI=1S/C23H20Cl2N2O2/c1-15-7-9-18(12-19(15)24)27-23(28)14-29-22-10-8-17(11-20(22)25)13-26-21-6-4-3-5-16(21)2/h3-13H,14H2,1-2H3,(H,27,28). The van der Waals surface area contributed by atoms with Crippen LogP contribution in [0.2, 0.25) is 10.0 Å². The number of ether oxygens (including phenoxy) is 1. The van der Waals surface area contributed by atoms with Crippen LogP contribution in [0, 0.1) is 13.8 Å². The zero-order valence-electron chi connectivity index (χ0n) is 16.1. The predicted molar refractivity (Wildman–Crippen MR) is 120 cm³/mol. The SMILES string of the molecule is Cc1ccc(NC(=O)COc2ccc(C=Nc3ccccc3C)cc2Cl)cc1Cl. The van der Waals surface area contributed by atoms with Gasteiger partial charge in [0.1, 0.15) is 5.75 Å². The second-order valence-electron chi connectivity index (χ2n) is 6.54. The summed E-state index contributed by atoms with van der Waals surface area (Å²) in [6.45, 7) is 3.74. The van der Waals surface area contributed by atoms with Crippen LogP contribution in [0.25, 0.3) is 0 Å². The average molecular weight is 427 g/mol. The van der Waals surface area contributed by atoms with E-state index in [2.05, 4.69) is 10.3 Å². The van der Waals surface area contributed by atoms with Crippen LogP contribution < -0.4 is 10.1 Å². The Morgan fingerprint density at radius 1 is 1.00 bits per heavy atom. The maximum Gasteiger partial charge on any atom is 0.262 e. The maximum atomic E-state index is 12.1. The van der Waals surface area contributed by atoms with Crippen molar-refractivity contribution in [1.29, 1.82) is 0 Å². The summed E-state index contributed by atoms with van der Waals surface area (Å²) < 4.78 is 5.54. The highest BCUT2D eigenvalue weighted by atomic mass is 35.5. The predicted octanol–water partition coefficient (Wildman–Crippen LogP) is 6.38. The third-order valence-electron chi connectivity index (χ3n) is 4.24. The van der Waals surface area contributed by atoms with Gasteiger partial charge in [-0.15, -0.1) is 0 Å². The Kier molecular flexibility index (Phi) is 6.91. The molecule has 0 bridgehead atoms. The highest BCUT2D eigenvalue weighted by Gasteiger charge is 2.08. The van der Waals surface area contributed by atoms with E-state index in [9.17, 15) is 4.79 Å². The second-order valence-corrected chi connectivity index (χ2v) is 7.35. The number of rotatable bonds is 6. The third kappa shape index (κ3) is 5.83. The molecular weight excluding hydrogens is 407 g/mol. The molecule has 3 aromatic rings. The Labute approximate surface area is 180 Å². The van der Waals surface area contributed by atoms with E-state index in [1.807, 2.05) is 50.2 Å². The van der Waals surface area contributed by atoms with Gasteiger partial charge in [0.15, 0.2) is 6.61 Å². The molecule has 0 saturated carbocycles. The first-order valence-corrected chi connectivity index (χ1v) is 9.76. The topological polar surface area (TPSA) is 50.7 Å². The Morgan fingerprint density at radius 3 is 2.52 bits per heavy atom. The monoisotopic (exact) mass is 426 g/mol. The van der Waals surface area contributed by atoms with Crippen LogP contribution in [0.15, 0.2) is 65.7 Å². The van der Waals surface area contributed by atoms with E-state index in [0.29, 0.717) is 21.5 Å². The highest BCUT2D eigenvalue weighted by Crippen LogP contribution is 2.26. The first-order chi connectivity index (χ1) is 13.9. The quantitative estimate of drug-likeness (QED) is 0.464. The Bertz CT molecular complexity index is 1060. The minimum atomic E-state index is -0.300. The van der Waals surface area contributed by atoms with E-state index in [0.717, 1.165) is 22.4 Å². The molecule has 3 rings (SSSR count). The number of anilines is 1. The van der Waals surface area contributed by atoms with Gasteiger partial charge < -0.3 is 10.1 Å². The lowest BCUT2D eigenvalue weighted by Gasteiger charge is -2.10. The van der Waals surface area contributed by atoms with Crippen molar-refractivity contribution in [2.24, 2.45) is 4.99 Å². The summed E-state index contributed by atoms with van der Waals surface area (Å²) >= 11 is 12.4. The fraction of sp³-hybridized carbons (Fsp3) is 0.130. The maximum absolute atomic E-state index is 12.1. The first-order valence-electron chi connectivity index (χ1n) is 9.00. The van der Waals surface area contributed by atoms with Gasteiger partial charge in [0.2, 0.25) is 0 Å². The van der Waals surface area contributed by atoms with Crippen LogP contribution in [-0.4, -0.2) is 18.7 Å². The number of carbonyl (C=O) groups excluding carboxylic acids is 1.